The van der Waals surface area contributed by atoms with Gasteiger partial charge in [-0.1, -0.05) is 42.5 Å². The molecule has 2 amide bonds. The number of furan rings is 1. The highest BCUT2D eigenvalue weighted by Crippen LogP contribution is 2.37. The Morgan fingerprint density at radius 2 is 1.63 bits per heavy atom. The number of thioether (sulfide) groups is 1. The Morgan fingerprint density at radius 1 is 0.886 bits per heavy atom. The van der Waals surface area contributed by atoms with E-state index in [4.69, 9.17) is 13.9 Å². The first kappa shape index (κ1) is 22.6. The molecule has 35 heavy (non-hydrogen) atoms. The maximum atomic E-state index is 13.4. The molecule has 0 spiro atoms. The Bertz CT molecular complexity index is 1410. The average Bonchev–Trinajstić information content (AvgIpc) is 3.28. The zero-order chi connectivity index (χ0) is 24.2. The third-order valence-corrected chi connectivity index (χ3v) is 6.49. The van der Waals surface area contributed by atoms with Crippen LogP contribution in [0.2, 0.25) is 0 Å². The van der Waals surface area contributed by atoms with Gasteiger partial charge in [0, 0.05) is 16.8 Å². The van der Waals surface area contributed by atoms with Crippen LogP contribution < -0.4 is 15.4 Å². The highest BCUT2D eigenvalue weighted by Gasteiger charge is 2.27. The molecule has 0 aliphatic carbocycles. The number of hydrogen-bond acceptors (Lipinski definition) is 6. The number of anilines is 2. The molecule has 2 heterocycles. The third-order valence-electron chi connectivity index (χ3n) is 5.41. The Kier molecular flexibility index (Phi) is 6.45. The first-order chi connectivity index (χ1) is 17.1. The van der Waals surface area contributed by atoms with Gasteiger partial charge in [0.25, 0.3) is 11.8 Å². The van der Waals surface area contributed by atoms with Gasteiger partial charge in [-0.15, -0.1) is 11.8 Å². The lowest BCUT2D eigenvalue weighted by Crippen LogP contribution is -2.22. The fourth-order valence-corrected chi connectivity index (χ4v) is 4.71. The monoisotopic (exact) mass is 486 g/mol. The number of fused-ring (bicyclic) bond motifs is 1. The number of amides is 2. The number of carbonyl (C=O) groups is 2. The van der Waals surface area contributed by atoms with E-state index >= 15 is 0 Å². The van der Waals surface area contributed by atoms with Crippen LogP contribution in [0, 0.1) is 0 Å². The third kappa shape index (κ3) is 4.74. The molecule has 2 N–H and O–H groups in total. The SMILES string of the molecule is COc1ccc(NC(=O)c2oc3ccccc3c2NC(=O)C2=C(c3ccccc3)SCCO2)cc1. The van der Waals surface area contributed by atoms with Gasteiger partial charge in [-0.2, -0.15) is 0 Å². The Morgan fingerprint density at radius 3 is 2.40 bits per heavy atom. The van der Waals surface area contributed by atoms with Crippen LogP contribution in [0.25, 0.3) is 15.9 Å². The number of ether oxygens (including phenoxy) is 2. The molecule has 0 bridgehead atoms. The van der Waals surface area contributed by atoms with Gasteiger partial charge in [0.1, 0.15) is 17.0 Å². The van der Waals surface area contributed by atoms with Crippen molar-refractivity contribution in [1.82, 2.24) is 0 Å². The van der Waals surface area contributed by atoms with Crippen molar-refractivity contribution in [2.75, 3.05) is 30.1 Å². The van der Waals surface area contributed by atoms with E-state index in [-0.39, 0.29) is 17.2 Å². The molecule has 8 heteroatoms. The summed E-state index contributed by atoms with van der Waals surface area (Å²) in [6.07, 6.45) is 0. The molecular weight excluding hydrogens is 464 g/mol. The highest BCUT2D eigenvalue weighted by molar-refractivity contribution is 8.08. The normalized spacial score (nSPS) is 13.3. The molecule has 1 aliphatic heterocycles. The molecule has 1 aromatic heterocycles. The summed E-state index contributed by atoms with van der Waals surface area (Å²) in [5.74, 6) is 0.706. The molecule has 1 aliphatic rings. The molecule has 3 aromatic carbocycles. The summed E-state index contributed by atoms with van der Waals surface area (Å²) in [4.78, 5) is 27.3. The first-order valence-corrected chi connectivity index (χ1v) is 12.0. The van der Waals surface area contributed by atoms with Gasteiger partial charge in [0.15, 0.2) is 5.76 Å². The lowest BCUT2D eigenvalue weighted by Gasteiger charge is -2.20. The molecular formula is C27H22N2O5S. The molecule has 0 saturated heterocycles. The second-order valence-corrected chi connectivity index (χ2v) is 8.77. The van der Waals surface area contributed by atoms with Gasteiger partial charge in [0.05, 0.1) is 18.6 Å². The van der Waals surface area contributed by atoms with Crippen LogP contribution >= 0.6 is 11.8 Å². The quantitative estimate of drug-likeness (QED) is 0.360. The summed E-state index contributed by atoms with van der Waals surface area (Å²) in [7, 11) is 1.57. The van der Waals surface area contributed by atoms with E-state index in [9.17, 15) is 9.59 Å². The van der Waals surface area contributed by atoms with Crippen molar-refractivity contribution >= 4 is 50.8 Å². The van der Waals surface area contributed by atoms with Crippen molar-refractivity contribution in [2.24, 2.45) is 0 Å². The van der Waals surface area contributed by atoms with Crippen LogP contribution in [0.4, 0.5) is 11.4 Å². The van der Waals surface area contributed by atoms with Gasteiger partial charge in [0.2, 0.25) is 5.76 Å². The minimum absolute atomic E-state index is 0.000640. The maximum Gasteiger partial charge on any atom is 0.293 e. The fourth-order valence-electron chi connectivity index (χ4n) is 3.75. The van der Waals surface area contributed by atoms with Crippen molar-refractivity contribution in [3.8, 4) is 5.75 Å². The standard InChI is InChI=1S/C27H22N2O5S/c1-32-19-13-11-18(12-14-19)28-26(30)23-22(20-9-5-6-10-21(20)34-23)29-27(31)24-25(35-16-15-33-24)17-7-3-2-4-8-17/h2-14H,15-16H2,1H3,(H,28,30)(H,29,31). The average molecular weight is 487 g/mol. The molecule has 7 nitrogen and oxygen atoms in total. The van der Waals surface area contributed by atoms with E-state index < -0.39 is 11.8 Å². The molecule has 0 unspecified atom stereocenters. The van der Waals surface area contributed by atoms with E-state index in [0.717, 1.165) is 16.2 Å². The van der Waals surface area contributed by atoms with Crippen LogP contribution in [0.15, 0.2) is 89.0 Å². The summed E-state index contributed by atoms with van der Waals surface area (Å²) in [6, 6.07) is 23.7. The topological polar surface area (TPSA) is 89.8 Å². The minimum Gasteiger partial charge on any atom is -0.497 e. The van der Waals surface area contributed by atoms with Crippen molar-refractivity contribution in [3.05, 3.63) is 95.9 Å². The van der Waals surface area contributed by atoms with Crippen LogP contribution in [0.1, 0.15) is 16.1 Å². The van der Waals surface area contributed by atoms with Crippen LogP contribution in [-0.2, 0) is 9.53 Å². The molecule has 0 fully saturated rings. The second-order valence-electron chi connectivity index (χ2n) is 7.66. The summed E-state index contributed by atoms with van der Waals surface area (Å²) in [5, 5.41) is 6.31. The van der Waals surface area contributed by atoms with Gasteiger partial charge in [-0.05, 0) is 42.0 Å². The van der Waals surface area contributed by atoms with E-state index in [1.54, 1.807) is 61.3 Å². The molecule has 0 saturated carbocycles. The lowest BCUT2D eigenvalue weighted by atomic mass is 10.1. The van der Waals surface area contributed by atoms with Crippen LogP contribution in [0.5, 0.6) is 5.75 Å². The van der Waals surface area contributed by atoms with Crippen molar-refractivity contribution in [3.63, 3.8) is 0 Å². The number of rotatable bonds is 6. The maximum absolute atomic E-state index is 13.4. The largest absolute Gasteiger partial charge is 0.497 e. The first-order valence-electron chi connectivity index (χ1n) is 11.0. The van der Waals surface area contributed by atoms with E-state index in [1.165, 1.54) is 0 Å². The fraction of sp³-hybridized carbons (Fsp3) is 0.111. The zero-order valence-electron chi connectivity index (χ0n) is 18.9. The molecule has 176 valence electrons. The Labute approximate surface area is 206 Å². The van der Waals surface area contributed by atoms with E-state index in [2.05, 4.69) is 10.6 Å². The summed E-state index contributed by atoms with van der Waals surface area (Å²) in [6.45, 7) is 0.417. The highest BCUT2D eigenvalue weighted by atomic mass is 32.2. The number of benzene rings is 3. The minimum atomic E-state index is -0.488. The van der Waals surface area contributed by atoms with Crippen LogP contribution in [-0.4, -0.2) is 31.3 Å². The number of carbonyl (C=O) groups excluding carboxylic acids is 2. The second kappa shape index (κ2) is 9.99. The predicted octanol–water partition coefficient (Wildman–Crippen LogP) is 5.76. The van der Waals surface area contributed by atoms with Gasteiger partial charge >= 0.3 is 0 Å². The number of methoxy groups -OCH3 is 1. The number of nitrogens with one attached hydrogen (secondary N) is 2. The van der Waals surface area contributed by atoms with E-state index in [1.807, 2.05) is 36.4 Å². The van der Waals surface area contributed by atoms with Crippen molar-refractivity contribution in [1.29, 1.82) is 0 Å². The Balaban J connectivity index is 1.49. The molecule has 5 rings (SSSR count). The van der Waals surface area contributed by atoms with Crippen molar-refractivity contribution < 1.29 is 23.5 Å². The Hall–Kier alpha value is -4.17. The predicted molar refractivity (Wildman–Crippen MR) is 138 cm³/mol. The van der Waals surface area contributed by atoms with Crippen LogP contribution in [0.3, 0.4) is 0 Å². The lowest BCUT2D eigenvalue weighted by molar-refractivity contribution is -0.115. The van der Waals surface area contributed by atoms with Gasteiger partial charge in [-0.3, -0.25) is 9.59 Å². The number of hydrogen-bond donors (Lipinski definition) is 2. The number of para-hydroxylation sites is 1. The van der Waals surface area contributed by atoms with Gasteiger partial charge < -0.3 is 24.5 Å². The molecule has 0 radical (unpaired) electrons. The van der Waals surface area contributed by atoms with Crippen molar-refractivity contribution in [2.45, 2.75) is 0 Å². The molecule has 0 atom stereocenters. The van der Waals surface area contributed by atoms with E-state index in [0.29, 0.717) is 29.0 Å². The summed E-state index contributed by atoms with van der Waals surface area (Å²) in [5.41, 5.74) is 2.24. The summed E-state index contributed by atoms with van der Waals surface area (Å²) < 4.78 is 16.8. The van der Waals surface area contributed by atoms with Gasteiger partial charge in [-0.25, -0.2) is 0 Å². The smallest absolute Gasteiger partial charge is 0.293 e. The summed E-state index contributed by atoms with van der Waals surface area (Å²) >= 11 is 1.57. The zero-order valence-corrected chi connectivity index (χ0v) is 19.7. The molecule has 4 aromatic rings.